The second-order valence-corrected chi connectivity index (χ2v) is 10.0. The Balaban J connectivity index is 1.19. The summed E-state index contributed by atoms with van der Waals surface area (Å²) in [7, 11) is 0. The lowest BCUT2D eigenvalue weighted by atomic mass is 9.78. The van der Waals surface area contributed by atoms with Gasteiger partial charge in [0.05, 0.1) is 36.2 Å². The van der Waals surface area contributed by atoms with Crippen molar-refractivity contribution >= 4 is 28.3 Å². The van der Waals surface area contributed by atoms with Crippen LogP contribution in [0.5, 0.6) is 5.75 Å². The van der Waals surface area contributed by atoms with Gasteiger partial charge in [0, 0.05) is 34.9 Å². The Hall–Kier alpha value is -3.84. The van der Waals surface area contributed by atoms with Crippen LogP contribution in [0.2, 0.25) is 0 Å². The van der Waals surface area contributed by atoms with E-state index in [1.807, 2.05) is 6.92 Å². The summed E-state index contributed by atoms with van der Waals surface area (Å²) < 4.78 is 32.4. The first kappa shape index (κ1) is 23.9. The highest BCUT2D eigenvalue weighted by Gasteiger charge is 2.57. The minimum Gasteiger partial charge on any atom is -0.493 e. The third-order valence-electron chi connectivity index (χ3n) is 6.51. The van der Waals surface area contributed by atoms with Crippen LogP contribution < -0.4 is 15.4 Å². The number of anilines is 1. The molecule has 0 spiro atoms. The van der Waals surface area contributed by atoms with E-state index in [9.17, 15) is 23.6 Å². The van der Waals surface area contributed by atoms with Crippen LogP contribution in [0.15, 0.2) is 47.8 Å². The number of thiazole rings is 1. The zero-order valence-corrected chi connectivity index (χ0v) is 20.1. The number of halogens is 2. The number of hydrogen-bond acceptors (Lipinski definition) is 6. The number of amides is 2. The summed E-state index contributed by atoms with van der Waals surface area (Å²) in [5.74, 6) is -3.73. The molecule has 0 saturated heterocycles. The SMILES string of the molecule is C[C@@]1(C#N)CCOc2ccc(C(=O)NCC(=O)Nc3nc(-c4cccc([C@H]5CC5(F)F)c4)cs3)cc21. The average molecular weight is 509 g/mol. The molecule has 1 aliphatic heterocycles. The van der Waals surface area contributed by atoms with Gasteiger partial charge in [-0.1, -0.05) is 18.2 Å². The molecule has 1 fully saturated rings. The summed E-state index contributed by atoms with van der Waals surface area (Å²) in [6, 6.07) is 14.1. The second-order valence-electron chi connectivity index (χ2n) is 9.17. The maximum atomic E-state index is 13.4. The summed E-state index contributed by atoms with van der Waals surface area (Å²) in [5, 5.41) is 16.9. The molecule has 2 amide bonds. The Kier molecular flexibility index (Phi) is 5.96. The number of alkyl halides is 2. The van der Waals surface area contributed by atoms with Crippen LogP contribution in [-0.4, -0.2) is 35.9 Å². The van der Waals surface area contributed by atoms with E-state index in [2.05, 4.69) is 21.7 Å². The minimum absolute atomic E-state index is 0.141. The Bertz CT molecular complexity index is 1400. The molecule has 2 N–H and O–H groups in total. The van der Waals surface area contributed by atoms with Crippen molar-refractivity contribution in [3.05, 3.63) is 64.5 Å². The number of nitrogens with zero attached hydrogens (tertiary/aromatic N) is 2. The molecule has 2 aliphatic rings. The molecule has 3 aromatic rings. The molecule has 0 unspecified atom stereocenters. The molecular formula is C26H22F2N4O3S. The van der Waals surface area contributed by atoms with Crippen LogP contribution in [0.1, 0.15) is 47.2 Å². The highest BCUT2D eigenvalue weighted by Crippen LogP contribution is 2.56. The predicted octanol–water partition coefficient (Wildman–Crippen LogP) is 4.86. The summed E-state index contributed by atoms with van der Waals surface area (Å²) in [5.41, 5.74) is 2.07. The van der Waals surface area contributed by atoms with Gasteiger partial charge >= 0.3 is 0 Å². The maximum absolute atomic E-state index is 13.4. The smallest absolute Gasteiger partial charge is 0.255 e. The topological polar surface area (TPSA) is 104 Å². The van der Waals surface area contributed by atoms with Gasteiger partial charge in [-0.05, 0) is 36.8 Å². The summed E-state index contributed by atoms with van der Waals surface area (Å²) in [4.78, 5) is 29.4. The summed E-state index contributed by atoms with van der Waals surface area (Å²) >= 11 is 1.20. The Morgan fingerprint density at radius 1 is 1.28 bits per heavy atom. The van der Waals surface area contributed by atoms with E-state index in [0.29, 0.717) is 51.9 Å². The lowest BCUT2D eigenvalue weighted by Gasteiger charge is -2.30. The van der Waals surface area contributed by atoms with E-state index in [-0.39, 0.29) is 13.0 Å². The van der Waals surface area contributed by atoms with Gasteiger partial charge in [-0.3, -0.25) is 9.59 Å². The Labute approximate surface area is 210 Å². The molecule has 0 radical (unpaired) electrons. The van der Waals surface area contributed by atoms with Gasteiger partial charge in [0.1, 0.15) is 5.75 Å². The zero-order valence-electron chi connectivity index (χ0n) is 19.3. The van der Waals surface area contributed by atoms with E-state index in [1.54, 1.807) is 47.8 Å². The van der Waals surface area contributed by atoms with Crippen LogP contribution in [0.4, 0.5) is 13.9 Å². The van der Waals surface area contributed by atoms with Gasteiger partial charge in [-0.15, -0.1) is 11.3 Å². The van der Waals surface area contributed by atoms with Crippen LogP contribution in [0, 0.1) is 11.3 Å². The van der Waals surface area contributed by atoms with E-state index in [1.165, 1.54) is 11.3 Å². The molecule has 1 saturated carbocycles. The number of aromatic nitrogens is 1. The first-order chi connectivity index (χ1) is 17.2. The Morgan fingerprint density at radius 2 is 2.08 bits per heavy atom. The number of carbonyl (C=O) groups excluding carboxylic acids is 2. The van der Waals surface area contributed by atoms with Crippen molar-refractivity contribution < 1.29 is 23.1 Å². The van der Waals surface area contributed by atoms with Gasteiger partial charge in [-0.25, -0.2) is 13.8 Å². The van der Waals surface area contributed by atoms with Crippen molar-refractivity contribution in [2.75, 3.05) is 18.5 Å². The third kappa shape index (κ3) is 4.66. The Morgan fingerprint density at radius 3 is 2.83 bits per heavy atom. The van der Waals surface area contributed by atoms with Gasteiger partial charge in [-0.2, -0.15) is 5.26 Å². The quantitative estimate of drug-likeness (QED) is 0.495. The van der Waals surface area contributed by atoms with Crippen molar-refractivity contribution in [2.24, 2.45) is 0 Å². The molecule has 36 heavy (non-hydrogen) atoms. The van der Waals surface area contributed by atoms with Crippen LogP contribution in [0.25, 0.3) is 11.3 Å². The standard InChI is InChI=1S/C26H22F2N4O3S/c1-25(14-29)7-8-35-21-6-5-17(10-18(21)25)23(34)30-12-22(33)32-24-31-20(13-36-24)16-4-2-3-15(9-16)19-11-26(19,27)28/h2-6,9-10,13,19H,7-8,11-12H2,1H3,(H,30,34)(H,31,32,33)/t19-,25+/m1/s1. The maximum Gasteiger partial charge on any atom is 0.255 e. The second kappa shape index (κ2) is 8.99. The molecule has 1 aliphatic carbocycles. The van der Waals surface area contributed by atoms with Crippen molar-refractivity contribution in [1.29, 1.82) is 5.26 Å². The predicted molar refractivity (Wildman–Crippen MR) is 130 cm³/mol. The normalized spacial score (nSPS) is 21.4. The average Bonchev–Trinajstić information content (AvgIpc) is 3.28. The molecule has 5 rings (SSSR count). The first-order valence-electron chi connectivity index (χ1n) is 11.4. The minimum atomic E-state index is -2.65. The number of benzene rings is 2. The number of ether oxygens (including phenoxy) is 1. The third-order valence-corrected chi connectivity index (χ3v) is 7.27. The zero-order chi connectivity index (χ0) is 25.5. The van der Waals surface area contributed by atoms with Crippen molar-refractivity contribution in [3.8, 4) is 23.1 Å². The molecule has 0 bridgehead atoms. The van der Waals surface area contributed by atoms with Crippen LogP contribution in [-0.2, 0) is 10.2 Å². The lowest BCUT2D eigenvalue weighted by molar-refractivity contribution is -0.115. The number of carbonyl (C=O) groups is 2. The molecule has 1 aromatic heterocycles. The van der Waals surface area contributed by atoms with Crippen molar-refractivity contribution in [1.82, 2.24) is 10.3 Å². The number of rotatable bonds is 6. The molecule has 10 heteroatoms. The first-order valence-corrected chi connectivity index (χ1v) is 12.3. The largest absolute Gasteiger partial charge is 0.493 e. The van der Waals surface area contributed by atoms with Crippen LogP contribution in [0.3, 0.4) is 0 Å². The summed E-state index contributed by atoms with van der Waals surface area (Å²) in [6.07, 6.45) is 0.383. The van der Waals surface area contributed by atoms with E-state index >= 15 is 0 Å². The highest BCUT2D eigenvalue weighted by atomic mass is 32.1. The monoisotopic (exact) mass is 508 g/mol. The number of nitrogens with one attached hydrogen (secondary N) is 2. The van der Waals surface area contributed by atoms with E-state index in [0.717, 1.165) is 0 Å². The van der Waals surface area contributed by atoms with Gasteiger partial charge < -0.3 is 15.4 Å². The van der Waals surface area contributed by atoms with Crippen molar-refractivity contribution in [2.45, 2.75) is 37.0 Å². The molecule has 2 heterocycles. The molecular weight excluding hydrogens is 486 g/mol. The fourth-order valence-electron chi connectivity index (χ4n) is 4.22. The lowest BCUT2D eigenvalue weighted by Crippen LogP contribution is -2.33. The number of nitriles is 1. The molecule has 2 atom stereocenters. The fraction of sp³-hybridized carbons (Fsp3) is 0.308. The summed E-state index contributed by atoms with van der Waals surface area (Å²) in [6.45, 7) is 1.97. The number of hydrogen-bond donors (Lipinski definition) is 2. The van der Waals surface area contributed by atoms with Gasteiger partial charge in [0.15, 0.2) is 5.13 Å². The van der Waals surface area contributed by atoms with Gasteiger partial charge in [0.2, 0.25) is 5.91 Å². The molecule has 7 nitrogen and oxygen atoms in total. The fourth-order valence-corrected chi connectivity index (χ4v) is 4.96. The molecule has 2 aromatic carbocycles. The van der Waals surface area contributed by atoms with Crippen LogP contribution >= 0.6 is 11.3 Å². The highest BCUT2D eigenvalue weighted by molar-refractivity contribution is 7.14. The van der Waals surface area contributed by atoms with E-state index in [4.69, 9.17) is 4.74 Å². The number of fused-ring (bicyclic) bond motifs is 1. The van der Waals surface area contributed by atoms with E-state index < -0.39 is 29.1 Å². The van der Waals surface area contributed by atoms with Gasteiger partial charge in [0.25, 0.3) is 11.8 Å². The van der Waals surface area contributed by atoms with Crippen molar-refractivity contribution in [3.63, 3.8) is 0 Å². The molecule has 184 valence electrons.